The number of hydrogen-bond donors (Lipinski definition) is 0. The Labute approximate surface area is 162 Å². The topological polar surface area (TPSA) is 49.9 Å². The van der Waals surface area contributed by atoms with E-state index in [0.717, 1.165) is 19.6 Å². The smallest absolute Gasteiger partial charge is 0.242 e. The first-order valence-corrected chi connectivity index (χ1v) is 10.8. The van der Waals surface area contributed by atoms with Gasteiger partial charge in [-0.25, -0.2) is 12.7 Å². The number of nitrogens with zero attached hydrogens (tertiary/aromatic N) is 2. The third-order valence-corrected chi connectivity index (χ3v) is 6.97. The zero-order chi connectivity index (χ0) is 19.3. The quantitative estimate of drug-likeness (QED) is 0.731. The van der Waals surface area contributed by atoms with Gasteiger partial charge in [-0.15, -0.1) is 0 Å². The van der Waals surface area contributed by atoms with E-state index in [1.807, 2.05) is 0 Å². The summed E-state index contributed by atoms with van der Waals surface area (Å²) in [5, 5.41) is 0. The van der Waals surface area contributed by atoms with Crippen LogP contribution in [0.25, 0.3) is 0 Å². The van der Waals surface area contributed by atoms with Crippen molar-refractivity contribution < 1.29 is 13.2 Å². The highest BCUT2D eigenvalue weighted by Crippen LogP contribution is 2.27. The van der Waals surface area contributed by atoms with Gasteiger partial charge in [0, 0.05) is 20.6 Å². The van der Waals surface area contributed by atoms with Crippen molar-refractivity contribution in [3.8, 4) is 5.75 Å². The number of benzene rings is 2. The first kappa shape index (κ1) is 19.9. The summed E-state index contributed by atoms with van der Waals surface area (Å²) in [5.74, 6) is 1.36. The molecular formula is C21H28N2O3S. The van der Waals surface area contributed by atoms with E-state index in [1.54, 1.807) is 24.3 Å². The molecule has 0 N–H and O–H groups in total. The number of hydrogen-bond acceptors (Lipinski definition) is 4. The van der Waals surface area contributed by atoms with E-state index in [9.17, 15) is 8.42 Å². The van der Waals surface area contributed by atoms with Gasteiger partial charge in [0.1, 0.15) is 12.4 Å². The summed E-state index contributed by atoms with van der Waals surface area (Å²) < 4.78 is 31.2. The lowest BCUT2D eigenvalue weighted by molar-refractivity contribution is 0.173. The fourth-order valence-electron chi connectivity index (χ4n) is 3.43. The van der Waals surface area contributed by atoms with Crippen molar-refractivity contribution in [1.29, 1.82) is 0 Å². The van der Waals surface area contributed by atoms with Gasteiger partial charge in [-0.2, -0.15) is 0 Å². The summed E-state index contributed by atoms with van der Waals surface area (Å²) in [6, 6.07) is 17.4. The Morgan fingerprint density at radius 1 is 1.00 bits per heavy atom. The second-order valence-electron chi connectivity index (χ2n) is 7.13. The van der Waals surface area contributed by atoms with E-state index in [-0.39, 0.29) is 4.90 Å². The summed E-state index contributed by atoms with van der Waals surface area (Å²) in [7, 11) is -0.333. The van der Waals surface area contributed by atoms with E-state index in [1.165, 1.54) is 36.8 Å². The number of piperidine rings is 1. The van der Waals surface area contributed by atoms with Crippen LogP contribution in [0.5, 0.6) is 5.75 Å². The normalized spacial score (nSPS) is 16.6. The van der Waals surface area contributed by atoms with E-state index >= 15 is 0 Å². The first-order valence-electron chi connectivity index (χ1n) is 9.39. The Morgan fingerprint density at radius 3 is 2.22 bits per heavy atom. The van der Waals surface area contributed by atoms with Crippen molar-refractivity contribution in [1.82, 2.24) is 9.21 Å². The Morgan fingerprint density at radius 2 is 1.63 bits per heavy atom. The van der Waals surface area contributed by atoms with Crippen LogP contribution in [0.15, 0.2) is 59.5 Å². The van der Waals surface area contributed by atoms with Crippen molar-refractivity contribution >= 4 is 10.0 Å². The van der Waals surface area contributed by atoms with Crippen LogP contribution in [0.4, 0.5) is 0 Å². The molecule has 2 aromatic carbocycles. The molecule has 27 heavy (non-hydrogen) atoms. The summed E-state index contributed by atoms with van der Waals surface area (Å²) >= 11 is 0. The molecule has 0 spiro atoms. The minimum absolute atomic E-state index is 0.280. The van der Waals surface area contributed by atoms with Crippen molar-refractivity contribution in [3.63, 3.8) is 0 Å². The van der Waals surface area contributed by atoms with Crippen LogP contribution in [-0.2, 0) is 10.0 Å². The molecule has 1 saturated heterocycles. The molecule has 0 aromatic heterocycles. The van der Waals surface area contributed by atoms with Gasteiger partial charge in [-0.05, 0) is 61.7 Å². The second-order valence-corrected chi connectivity index (χ2v) is 9.29. The molecule has 1 aliphatic rings. The van der Waals surface area contributed by atoms with E-state index in [2.05, 4.69) is 35.2 Å². The molecule has 2 aromatic rings. The maximum absolute atomic E-state index is 12.1. The highest BCUT2D eigenvalue weighted by Gasteiger charge is 2.20. The third kappa shape index (κ3) is 5.09. The molecular weight excluding hydrogens is 360 g/mol. The second kappa shape index (κ2) is 8.87. The van der Waals surface area contributed by atoms with Crippen molar-refractivity contribution in [2.75, 3.05) is 40.3 Å². The zero-order valence-electron chi connectivity index (χ0n) is 16.0. The standard InChI is InChI=1S/C21H28N2O3S/c1-22(2)27(24,25)21-10-8-20(9-11-21)26-17-16-23-14-12-19(13-15-23)18-6-4-3-5-7-18/h3-11,19H,12-17H2,1-2H3. The van der Waals surface area contributed by atoms with Crippen LogP contribution in [0.3, 0.4) is 0 Å². The average molecular weight is 389 g/mol. The molecule has 146 valence electrons. The van der Waals surface area contributed by atoms with Gasteiger partial charge in [0.25, 0.3) is 0 Å². The van der Waals surface area contributed by atoms with Gasteiger partial charge >= 0.3 is 0 Å². The van der Waals surface area contributed by atoms with Crippen LogP contribution in [-0.4, -0.2) is 58.0 Å². The molecule has 0 saturated carbocycles. The Balaban J connectivity index is 1.43. The predicted molar refractivity (Wildman–Crippen MR) is 108 cm³/mol. The lowest BCUT2D eigenvalue weighted by Gasteiger charge is -2.32. The monoisotopic (exact) mass is 388 g/mol. The molecule has 3 rings (SSSR count). The Kier molecular flexibility index (Phi) is 6.52. The SMILES string of the molecule is CN(C)S(=O)(=O)c1ccc(OCCN2CCC(c3ccccc3)CC2)cc1. The fourth-order valence-corrected chi connectivity index (χ4v) is 4.33. The molecule has 5 nitrogen and oxygen atoms in total. The minimum atomic E-state index is -3.39. The maximum atomic E-state index is 12.1. The van der Waals surface area contributed by atoms with E-state index in [0.29, 0.717) is 18.3 Å². The molecule has 6 heteroatoms. The van der Waals surface area contributed by atoms with Crippen LogP contribution >= 0.6 is 0 Å². The lowest BCUT2D eigenvalue weighted by atomic mass is 9.89. The van der Waals surface area contributed by atoms with Crippen LogP contribution in [0.2, 0.25) is 0 Å². The van der Waals surface area contributed by atoms with E-state index < -0.39 is 10.0 Å². The maximum Gasteiger partial charge on any atom is 0.242 e. The molecule has 0 bridgehead atoms. The first-order chi connectivity index (χ1) is 13.0. The third-order valence-electron chi connectivity index (χ3n) is 5.14. The summed E-state index contributed by atoms with van der Waals surface area (Å²) in [6.07, 6.45) is 2.36. The van der Waals surface area contributed by atoms with Gasteiger partial charge in [-0.1, -0.05) is 30.3 Å². The summed E-state index contributed by atoms with van der Waals surface area (Å²) in [4.78, 5) is 2.72. The van der Waals surface area contributed by atoms with Crippen LogP contribution < -0.4 is 4.74 Å². The lowest BCUT2D eigenvalue weighted by Crippen LogP contribution is -2.35. The average Bonchev–Trinajstić information content (AvgIpc) is 2.69. The van der Waals surface area contributed by atoms with Gasteiger partial charge in [0.05, 0.1) is 4.90 Å². The zero-order valence-corrected chi connectivity index (χ0v) is 16.9. The number of ether oxygens (including phenoxy) is 1. The molecule has 1 aliphatic heterocycles. The summed E-state index contributed by atoms with van der Waals surface area (Å²) in [5.41, 5.74) is 1.45. The molecule has 1 fully saturated rings. The predicted octanol–water partition coefficient (Wildman–Crippen LogP) is 3.20. The fraction of sp³-hybridized carbons (Fsp3) is 0.429. The van der Waals surface area contributed by atoms with Crippen molar-refractivity contribution in [3.05, 3.63) is 60.2 Å². The molecule has 0 atom stereocenters. The number of sulfonamides is 1. The molecule has 0 radical (unpaired) electrons. The van der Waals surface area contributed by atoms with E-state index in [4.69, 9.17) is 4.74 Å². The van der Waals surface area contributed by atoms with Gasteiger partial charge in [0.2, 0.25) is 10.0 Å². The molecule has 0 amide bonds. The Hall–Kier alpha value is -1.89. The highest BCUT2D eigenvalue weighted by molar-refractivity contribution is 7.89. The number of likely N-dealkylation sites (tertiary alicyclic amines) is 1. The van der Waals surface area contributed by atoms with Gasteiger partial charge < -0.3 is 4.74 Å². The van der Waals surface area contributed by atoms with Gasteiger partial charge in [-0.3, -0.25) is 4.90 Å². The Bertz CT molecular complexity index is 812. The largest absolute Gasteiger partial charge is 0.492 e. The van der Waals surface area contributed by atoms with Crippen LogP contribution in [0, 0.1) is 0 Å². The molecule has 0 aliphatic carbocycles. The summed E-state index contributed by atoms with van der Waals surface area (Å²) in [6.45, 7) is 3.67. The molecule has 1 heterocycles. The van der Waals surface area contributed by atoms with Crippen molar-refractivity contribution in [2.24, 2.45) is 0 Å². The van der Waals surface area contributed by atoms with Gasteiger partial charge in [0.15, 0.2) is 0 Å². The number of rotatable bonds is 7. The highest BCUT2D eigenvalue weighted by atomic mass is 32.2. The van der Waals surface area contributed by atoms with Crippen molar-refractivity contribution in [2.45, 2.75) is 23.7 Å². The minimum Gasteiger partial charge on any atom is -0.492 e. The molecule has 0 unspecified atom stereocenters. The van der Waals surface area contributed by atoms with Crippen LogP contribution in [0.1, 0.15) is 24.3 Å².